The van der Waals surface area contributed by atoms with E-state index < -0.39 is 5.97 Å². The molecule has 0 unspecified atom stereocenters. The molecule has 3 aromatic carbocycles. The quantitative estimate of drug-likeness (QED) is 0.374. The van der Waals surface area contributed by atoms with Crippen LogP contribution < -0.4 is 9.47 Å². The minimum atomic E-state index is -0.732. The third kappa shape index (κ3) is 3.75. The van der Waals surface area contributed by atoms with E-state index in [0.717, 1.165) is 11.3 Å². The second-order valence-electron chi connectivity index (χ2n) is 6.24. The summed E-state index contributed by atoms with van der Waals surface area (Å²) in [5.74, 6) is 0.140. The Morgan fingerprint density at radius 2 is 1.67 bits per heavy atom. The highest BCUT2D eigenvalue weighted by molar-refractivity contribution is 5.88. The zero-order chi connectivity index (χ0) is 20.9. The van der Waals surface area contributed by atoms with Crippen molar-refractivity contribution < 1.29 is 14.3 Å². The maximum absolute atomic E-state index is 12.8. The highest BCUT2D eigenvalue weighted by Crippen LogP contribution is 2.29. The zero-order valence-corrected chi connectivity index (χ0v) is 16.0. The van der Waals surface area contributed by atoms with E-state index in [2.05, 4.69) is 10.1 Å². The second kappa shape index (κ2) is 8.29. The highest BCUT2D eigenvalue weighted by Gasteiger charge is 2.21. The number of rotatable bonds is 5. The molecule has 0 aliphatic heterocycles. The van der Waals surface area contributed by atoms with Crippen LogP contribution in [0.5, 0.6) is 11.5 Å². The Labute approximate surface area is 172 Å². The van der Waals surface area contributed by atoms with E-state index in [4.69, 9.17) is 14.7 Å². The van der Waals surface area contributed by atoms with E-state index in [-0.39, 0.29) is 17.3 Å². The summed E-state index contributed by atoms with van der Waals surface area (Å²) in [6, 6.07) is 25.4. The van der Waals surface area contributed by atoms with Gasteiger partial charge in [-0.3, -0.25) is 0 Å². The fourth-order valence-corrected chi connectivity index (χ4v) is 2.89. The predicted octanol–water partition coefficient (Wildman–Crippen LogP) is 4.03. The summed E-state index contributed by atoms with van der Waals surface area (Å²) in [4.78, 5) is 17.2. The smallest absolute Gasteiger partial charge is 0.383 e. The van der Waals surface area contributed by atoms with Gasteiger partial charge in [-0.1, -0.05) is 48.5 Å². The van der Waals surface area contributed by atoms with Crippen LogP contribution in [0.4, 0.5) is 0 Å². The molecule has 7 heteroatoms. The van der Waals surface area contributed by atoms with Crippen molar-refractivity contribution in [3.05, 3.63) is 90.3 Å². The van der Waals surface area contributed by atoms with Gasteiger partial charge in [0.1, 0.15) is 0 Å². The SMILES string of the molecule is COc1cc(C#N)ccc1OC(=O)c1nc(-c2ccccc2)n(-c2ccccc2)n1. The number of hydrogen-bond donors (Lipinski definition) is 0. The van der Waals surface area contributed by atoms with Gasteiger partial charge in [0, 0.05) is 11.6 Å². The molecule has 0 aliphatic carbocycles. The Balaban J connectivity index is 1.72. The predicted molar refractivity (Wildman–Crippen MR) is 109 cm³/mol. The standard InChI is InChI=1S/C23H16N4O3/c1-29-20-14-16(15-24)12-13-19(20)30-23(28)21-25-22(17-8-4-2-5-9-17)27(26-21)18-10-6-3-7-11-18/h2-14H,1H3. The van der Waals surface area contributed by atoms with Crippen molar-refractivity contribution in [1.29, 1.82) is 5.26 Å². The average Bonchev–Trinajstić information content (AvgIpc) is 3.26. The van der Waals surface area contributed by atoms with E-state index in [9.17, 15) is 4.79 Å². The summed E-state index contributed by atoms with van der Waals surface area (Å²) in [7, 11) is 1.43. The van der Waals surface area contributed by atoms with Crippen LogP contribution >= 0.6 is 0 Å². The number of nitrogens with zero attached hydrogens (tertiary/aromatic N) is 4. The monoisotopic (exact) mass is 396 g/mol. The van der Waals surface area contributed by atoms with Crippen LogP contribution in [0, 0.1) is 11.3 Å². The molecule has 4 aromatic rings. The molecule has 0 spiro atoms. The first-order chi connectivity index (χ1) is 14.7. The zero-order valence-electron chi connectivity index (χ0n) is 16.0. The van der Waals surface area contributed by atoms with Crippen molar-refractivity contribution in [3.8, 4) is 34.6 Å². The Bertz CT molecular complexity index is 1170. The molecule has 4 rings (SSSR count). The number of esters is 1. The lowest BCUT2D eigenvalue weighted by Gasteiger charge is -2.07. The first-order valence-corrected chi connectivity index (χ1v) is 9.08. The summed E-state index contributed by atoms with van der Waals surface area (Å²) in [5, 5.41) is 13.4. The van der Waals surface area contributed by atoms with Gasteiger partial charge in [-0.05, 0) is 24.3 Å². The van der Waals surface area contributed by atoms with Gasteiger partial charge in [-0.25, -0.2) is 14.5 Å². The normalized spacial score (nSPS) is 10.3. The molecule has 7 nitrogen and oxygen atoms in total. The number of carbonyl (C=O) groups is 1. The number of ether oxygens (including phenoxy) is 2. The van der Waals surface area contributed by atoms with Gasteiger partial charge in [0.25, 0.3) is 5.82 Å². The van der Waals surface area contributed by atoms with Crippen LogP contribution in [0.2, 0.25) is 0 Å². The van der Waals surface area contributed by atoms with Crippen LogP contribution in [-0.4, -0.2) is 27.8 Å². The molecule has 30 heavy (non-hydrogen) atoms. The largest absolute Gasteiger partial charge is 0.493 e. The van der Waals surface area contributed by atoms with Gasteiger partial charge < -0.3 is 9.47 Å². The van der Waals surface area contributed by atoms with Gasteiger partial charge in [0.2, 0.25) is 0 Å². The van der Waals surface area contributed by atoms with Crippen LogP contribution in [-0.2, 0) is 0 Å². The number of carbonyl (C=O) groups excluding carboxylic acids is 1. The minimum Gasteiger partial charge on any atom is -0.493 e. The van der Waals surface area contributed by atoms with Gasteiger partial charge in [0.05, 0.1) is 24.4 Å². The molecular weight excluding hydrogens is 380 g/mol. The lowest BCUT2D eigenvalue weighted by Crippen LogP contribution is -2.12. The summed E-state index contributed by atoms with van der Waals surface area (Å²) in [6.45, 7) is 0. The Morgan fingerprint density at radius 1 is 0.967 bits per heavy atom. The number of benzene rings is 3. The van der Waals surface area contributed by atoms with E-state index in [0.29, 0.717) is 11.4 Å². The first-order valence-electron chi connectivity index (χ1n) is 9.08. The van der Waals surface area contributed by atoms with E-state index in [1.807, 2.05) is 66.7 Å². The maximum Gasteiger partial charge on any atom is 0.383 e. The molecule has 0 fully saturated rings. The lowest BCUT2D eigenvalue weighted by molar-refractivity contribution is 0.0717. The fraction of sp³-hybridized carbons (Fsp3) is 0.0435. The summed E-state index contributed by atoms with van der Waals surface area (Å²) in [6.07, 6.45) is 0. The summed E-state index contributed by atoms with van der Waals surface area (Å²) < 4.78 is 12.3. The summed E-state index contributed by atoms with van der Waals surface area (Å²) in [5.41, 5.74) is 1.97. The van der Waals surface area contributed by atoms with Crippen molar-refractivity contribution in [2.45, 2.75) is 0 Å². The molecule has 0 saturated heterocycles. The van der Waals surface area contributed by atoms with Crippen molar-refractivity contribution in [1.82, 2.24) is 14.8 Å². The first kappa shape index (κ1) is 18.9. The molecule has 1 aromatic heterocycles. The van der Waals surface area contributed by atoms with E-state index in [1.54, 1.807) is 4.68 Å². The Morgan fingerprint density at radius 3 is 2.33 bits per heavy atom. The number of hydrogen-bond acceptors (Lipinski definition) is 6. The average molecular weight is 396 g/mol. The highest BCUT2D eigenvalue weighted by atomic mass is 16.6. The second-order valence-corrected chi connectivity index (χ2v) is 6.24. The summed E-state index contributed by atoms with van der Waals surface area (Å²) >= 11 is 0. The van der Waals surface area contributed by atoms with Crippen molar-refractivity contribution in [2.24, 2.45) is 0 Å². The number of methoxy groups -OCH3 is 1. The maximum atomic E-state index is 12.8. The van der Waals surface area contributed by atoms with Crippen molar-refractivity contribution >= 4 is 5.97 Å². The Hall–Kier alpha value is -4.44. The molecule has 1 heterocycles. The van der Waals surface area contributed by atoms with Crippen LogP contribution in [0.1, 0.15) is 16.2 Å². The lowest BCUT2D eigenvalue weighted by atomic mass is 10.2. The third-order valence-corrected chi connectivity index (χ3v) is 4.32. The minimum absolute atomic E-state index is 0.0934. The topological polar surface area (TPSA) is 90.0 Å². The van der Waals surface area contributed by atoms with Crippen molar-refractivity contribution in [2.75, 3.05) is 7.11 Å². The Kier molecular flexibility index (Phi) is 5.22. The third-order valence-electron chi connectivity index (χ3n) is 4.32. The number of aromatic nitrogens is 3. The van der Waals surface area contributed by atoms with Gasteiger partial charge in [-0.15, -0.1) is 5.10 Å². The van der Waals surface area contributed by atoms with Crippen LogP contribution in [0.3, 0.4) is 0 Å². The van der Waals surface area contributed by atoms with Gasteiger partial charge in [0.15, 0.2) is 17.3 Å². The molecule has 0 radical (unpaired) electrons. The van der Waals surface area contributed by atoms with E-state index in [1.165, 1.54) is 25.3 Å². The molecular formula is C23H16N4O3. The number of para-hydroxylation sites is 1. The molecule has 0 amide bonds. The molecule has 0 atom stereocenters. The molecule has 0 bridgehead atoms. The molecule has 146 valence electrons. The molecule has 0 N–H and O–H groups in total. The fourth-order valence-electron chi connectivity index (χ4n) is 2.89. The van der Waals surface area contributed by atoms with Crippen LogP contribution in [0.15, 0.2) is 78.9 Å². The number of nitriles is 1. The van der Waals surface area contributed by atoms with Gasteiger partial charge >= 0.3 is 5.97 Å². The van der Waals surface area contributed by atoms with E-state index >= 15 is 0 Å². The molecule has 0 aliphatic rings. The van der Waals surface area contributed by atoms with Crippen molar-refractivity contribution in [3.63, 3.8) is 0 Å². The molecule has 0 saturated carbocycles. The van der Waals surface area contributed by atoms with Crippen LogP contribution in [0.25, 0.3) is 17.1 Å². The van der Waals surface area contributed by atoms with Gasteiger partial charge in [-0.2, -0.15) is 5.26 Å².